The largest absolute Gasteiger partial charge is 0.435 e. The first kappa shape index (κ1) is 20.0. The number of carbonyl (C=O) groups excluding carboxylic acids is 3. The fourth-order valence-corrected chi connectivity index (χ4v) is 0.960. The van der Waals surface area contributed by atoms with Gasteiger partial charge < -0.3 is 14.2 Å². The molecule has 0 unspecified atom stereocenters. The summed E-state index contributed by atoms with van der Waals surface area (Å²) in [4.78, 5) is 31.3. The van der Waals surface area contributed by atoms with Crippen LogP contribution in [0.25, 0.3) is 0 Å². The van der Waals surface area contributed by atoms with Crippen LogP contribution in [-0.2, 0) is 28.6 Å². The average molecular weight is 284 g/mol. The summed E-state index contributed by atoms with van der Waals surface area (Å²) in [7, 11) is 0. The Labute approximate surface area is 118 Å². The topological polar surface area (TPSA) is 78.9 Å². The van der Waals surface area contributed by atoms with Gasteiger partial charge in [0.25, 0.3) is 0 Å². The van der Waals surface area contributed by atoms with Crippen LogP contribution < -0.4 is 0 Å². The molecule has 0 heterocycles. The molecule has 0 aromatic heterocycles. The third kappa shape index (κ3) is 18.0. The molecule has 0 fully saturated rings. The molecule has 0 amide bonds. The zero-order valence-electron chi connectivity index (χ0n) is 11.6. The molecule has 0 N–H and O–H groups in total. The monoisotopic (exact) mass is 284 g/mol. The lowest BCUT2D eigenvalue weighted by atomic mass is 10.2. The predicted octanol–water partition coefficient (Wildman–Crippen LogP) is 2.61. The summed E-state index contributed by atoms with van der Waals surface area (Å²) in [6.07, 6.45) is 5.05. The van der Waals surface area contributed by atoms with E-state index in [9.17, 15) is 14.4 Å². The van der Waals surface area contributed by atoms with Crippen molar-refractivity contribution in [1.82, 2.24) is 0 Å². The molecule has 0 aromatic rings. The molecule has 0 bridgehead atoms. The van der Waals surface area contributed by atoms with E-state index < -0.39 is 0 Å². The van der Waals surface area contributed by atoms with E-state index in [1.165, 1.54) is 6.92 Å². The van der Waals surface area contributed by atoms with Crippen LogP contribution in [0, 0.1) is 0 Å². The molecule has 0 saturated heterocycles. The Morgan fingerprint density at radius 1 is 0.800 bits per heavy atom. The van der Waals surface area contributed by atoms with Crippen LogP contribution in [0.3, 0.4) is 0 Å². The van der Waals surface area contributed by atoms with Crippen molar-refractivity contribution in [3.63, 3.8) is 0 Å². The summed E-state index contributed by atoms with van der Waals surface area (Å²) in [6, 6.07) is 0. The summed E-state index contributed by atoms with van der Waals surface area (Å²) < 4.78 is 13.1. The highest BCUT2D eigenvalue weighted by atomic mass is 16.5. The van der Waals surface area contributed by atoms with Crippen LogP contribution in [-0.4, -0.2) is 17.9 Å². The quantitative estimate of drug-likeness (QED) is 0.295. The summed E-state index contributed by atoms with van der Waals surface area (Å²) in [5.74, 6) is -1.00. The van der Waals surface area contributed by atoms with Crippen molar-refractivity contribution in [2.75, 3.05) is 0 Å². The minimum atomic E-state index is -0.336. The fourth-order valence-electron chi connectivity index (χ4n) is 0.960. The van der Waals surface area contributed by atoms with Crippen molar-refractivity contribution in [2.45, 2.75) is 32.6 Å². The highest BCUT2D eigenvalue weighted by molar-refractivity contribution is 5.71. The van der Waals surface area contributed by atoms with Crippen molar-refractivity contribution in [3.05, 3.63) is 38.5 Å². The highest BCUT2D eigenvalue weighted by Gasteiger charge is 2.03. The van der Waals surface area contributed by atoms with Gasteiger partial charge in [-0.15, -0.1) is 0 Å². The summed E-state index contributed by atoms with van der Waals surface area (Å²) in [5.41, 5.74) is 0. The van der Waals surface area contributed by atoms with Gasteiger partial charge in [0.15, 0.2) is 0 Å². The number of ether oxygens (including phenoxy) is 3. The number of hydrogen-bond acceptors (Lipinski definition) is 6. The van der Waals surface area contributed by atoms with Gasteiger partial charge in [-0.05, 0) is 12.8 Å². The first-order valence-corrected chi connectivity index (χ1v) is 5.86. The minimum Gasteiger partial charge on any atom is -0.435 e. The lowest BCUT2D eigenvalue weighted by Crippen LogP contribution is -2.01. The van der Waals surface area contributed by atoms with Crippen LogP contribution in [0.5, 0.6) is 0 Å². The number of esters is 3. The van der Waals surface area contributed by atoms with Gasteiger partial charge in [0, 0.05) is 19.8 Å². The van der Waals surface area contributed by atoms with E-state index >= 15 is 0 Å². The third-order valence-electron chi connectivity index (χ3n) is 1.69. The first-order valence-electron chi connectivity index (χ1n) is 5.86. The minimum absolute atomic E-state index is 0.285. The van der Waals surface area contributed by atoms with Crippen LogP contribution in [0.2, 0.25) is 0 Å². The van der Waals surface area contributed by atoms with Crippen molar-refractivity contribution in [2.24, 2.45) is 0 Å². The van der Waals surface area contributed by atoms with Crippen LogP contribution >= 0.6 is 0 Å². The number of rotatable bonds is 8. The van der Waals surface area contributed by atoms with Gasteiger partial charge in [-0.3, -0.25) is 14.4 Å². The normalized spacial score (nSPS) is 8.25. The molecule has 20 heavy (non-hydrogen) atoms. The van der Waals surface area contributed by atoms with E-state index in [-0.39, 0.29) is 30.7 Å². The Kier molecular flexibility index (Phi) is 14.7. The number of hydrogen-bond donors (Lipinski definition) is 0. The summed E-state index contributed by atoms with van der Waals surface area (Å²) >= 11 is 0. The van der Waals surface area contributed by atoms with Gasteiger partial charge in [-0.1, -0.05) is 19.7 Å². The molecule has 0 atom stereocenters. The van der Waals surface area contributed by atoms with Gasteiger partial charge in [-0.2, -0.15) is 0 Å². The molecule has 0 spiro atoms. The Balaban J connectivity index is 0. The second-order valence-corrected chi connectivity index (χ2v) is 3.30. The lowest BCUT2D eigenvalue weighted by molar-refractivity contribution is -0.140. The van der Waals surface area contributed by atoms with E-state index in [0.29, 0.717) is 12.8 Å². The smallest absolute Gasteiger partial charge is 0.310 e. The number of carbonyl (C=O) groups is 3. The maximum atomic E-state index is 10.8. The van der Waals surface area contributed by atoms with Gasteiger partial charge in [0.2, 0.25) is 0 Å². The van der Waals surface area contributed by atoms with Crippen molar-refractivity contribution < 1.29 is 28.6 Å². The lowest BCUT2D eigenvalue weighted by Gasteiger charge is -1.99. The van der Waals surface area contributed by atoms with Crippen molar-refractivity contribution in [1.29, 1.82) is 0 Å². The molecule has 112 valence electrons. The van der Waals surface area contributed by atoms with Gasteiger partial charge >= 0.3 is 17.9 Å². The Morgan fingerprint density at radius 3 is 1.35 bits per heavy atom. The molecule has 0 aliphatic carbocycles. The maximum Gasteiger partial charge on any atom is 0.310 e. The maximum absolute atomic E-state index is 10.8. The van der Waals surface area contributed by atoms with Crippen LogP contribution in [0.15, 0.2) is 38.5 Å². The van der Waals surface area contributed by atoms with Crippen molar-refractivity contribution in [3.8, 4) is 0 Å². The Morgan fingerprint density at radius 2 is 1.15 bits per heavy atom. The molecule has 0 saturated carbocycles. The van der Waals surface area contributed by atoms with Crippen LogP contribution in [0.4, 0.5) is 0 Å². The van der Waals surface area contributed by atoms with E-state index in [4.69, 9.17) is 0 Å². The average Bonchev–Trinajstić information content (AvgIpc) is 2.36. The first-order chi connectivity index (χ1) is 9.47. The molecule has 0 aromatic carbocycles. The van der Waals surface area contributed by atoms with E-state index in [1.54, 1.807) is 0 Å². The SMILES string of the molecule is C=COC(=O)CCCCC(=O)OC=C.C=COC(C)=O. The molecule has 0 radical (unpaired) electrons. The molecule has 0 aliphatic rings. The molecular formula is C14H20O6. The predicted molar refractivity (Wildman–Crippen MR) is 73.0 cm³/mol. The van der Waals surface area contributed by atoms with Crippen molar-refractivity contribution >= 4 is 17.9 Å². The summed E-state index contributed by atoms with van der Waals surface area (Å²) in [6.45, 7) is 11.0. The Bertz CT molecular complexity index is 322. The van der Waals surface area contributed by atoms with Crippen LogP contribution in [0.1, 0.15) is 32.6 Å². The summed E-state index contributed by atoms with van der Waals surface area (Å²) in [5, 5.41) is 0. The zero-order valence-corrected chi connectivity index (χ0v) is 11.6. The fraction of sp³-hybridized carbons (Fsp3) is 0.357. The van der Waals surface area contributed by atoms with Gasteiger partial charge in [0.05, 0.1) is 18.8 Å². The zero-order chi connectivity index (χ0) is 15.8. The third-order valence-corrected chi connectivity index (χ3v) is 1.69. The van der Waals surface area contributed by atoms with E-state index in [1.807, 2.05) is 0 Å². The van der Waals surface area contributed by atoms with Gasteiger partial charge in [-0.25, -0.2) is 0 Å². The molecule has 6 nitrogen and oxygen atoms in total. The highest BCUT2D eigenvalue weighted by Crippen LogP contribution is 2.02. The van der Waals surface area contributed by atoms with E-state index in [0.717, 1.165) is 18.8 Å². The second kappa shape index (κ2) is 14.7. The van der Waals surface area contributed by atoms with Gasteiger partial charge in [0.1, 0.15) is 0 Å². The Hall–Kier alpha value is -2.37. The molecule has 0 aliphatic heterocycles. The molecular weight excluding hydrogens is 264 g/mol. The molecule has 0 rings (SSSR count). The standard InChI is InChI=1S/C10H14O4.C4H6O2/c1-3-13-9(11)7-5-6-8-10(12)14-4-2;1-3-6-4(2)5/h3-4H,1-2,5-8H2;3H,1H2,2H3. The molecule has 6 heteroatoms. The number of unbranched alkanes of at least 4 members (excludes halogenated alkanes) is 1. The van der Waals surface area contributed by atoms with E-state index in [2.05, 4.69) is 33.9 Å². The second-order valence-electron chi connectivity index (χ2n) is 3.30.